The van der Waals surface area contributed by atoms with Crippen LogP contribution in [0.1, 0.15) is 11.1 Å². The molecule has 0 unspecified atom stereocenters. The van der Waals surface area contributed by atoms with E-state index in [4.69, 9.17) is 23.7 Å². The molecule has 8 nitrogen and oxygen atoms in total. The molecule has 0 aliphatic carbocycles. The fraction of sp³-hybridized carbons (Fsp3) is 0.200. The summed E-state index contributed by atoms with van der Waals surface area (Å²) in [6, 6.07) is 9.03. The largest absolute Gasteiger partial charge is 0.494 e. The van der Waals surface area contributed by atoms with Crippen LogP contribution in [0.4, 0.5) is 14.5 Å². The zero-order chi connectivity index (χ0) is 26.5. The van der Waals surface area contributed by atoms with Crippen LogP contribution < -0.4 is 28.4 Å². The van der Waals surface area contributed by atoms with Gasteiger partial charge in [0.15, 0.2) is 34.6 Å². The smallest absolute Gasteiger partial charge is 0.262 e. The summed E-state index contributed by atoms with van der Waals surface area (Å²) in [4.78, 5) is -0.383. The normalized spacial score (nSPS) is 11.3. The number of ether oxygens (including phenoxy) is 5. The average molecular weight is 522 g/mol. The van der Waals surface area contributed by atoms with E-state index < -0.39 is 21.7 Å². The van der Waals surface area contributed by atoms with Gasteiger partial charge >= 0.3 is 0 Å². The van der Waals surface area contributed by atoms with E-state index >= 15 is 0 Å². The van der Waals surface area contributed by atoms with Crippen molar-refractivity contribution in [1.29, 1.82) is 0 Å². The molecular weight excluding hydrogens is 496 g/mol. The van der Waals surface area contributed by atoms with Crippen LogP contribution >= 0.6 is 0 Å². The quantitative estimate of drug-likeness (QED) is 0.376. The van der Waals surface area contributed by atoms with Crippen molar-refractivity contribution in [3.05, 3.63) is 65.2 Å². The fourth-order valence-corrected chi connectivity index (χ4v) is 4.51. The second-order valence-corrected chi connectivity index (χ2v) is 8.92. The number of benzene rings is 3. The summed E-state index contributed by atoms with van der Waals surface area (Å²) >= 11 is 0. The van der Waals surface area contributed by atoms with Crippen molar-refractivity contribution in [1.82, 2.24) is 0 Å². The van der Waals surface area contributed by atoms with Gasteiger partial charge in [0.05, 0.1) is 40.4 Å². The number of hydrogen-bond donors (Lipinski definition) is 1. The van der Waals surface area contributed by atoms with E-state index in [2.05, 4.69) is 4.72 Å². The fourth-order valence-electron chi connectivity index (χ4n) is 3.41. The first-order valence-electron chi connectivity index (χ1n) is 10.4. The lowest BCUT2D eigenvalue weighted by atomic mass is 10.1. The van der Waals surface area contributed by atoms with Gasteiger partial charge in [-0.05, 0) is 48.0 Å². The second-order valence-electron chi connectivity index (χ2n) is 7.24. The Labute approximate surface area is 208 Å². The summed E-state index contributed by atoms with van der Waals surface area (Å²) in [6.45, 7) is 0. The maximum atomic E-state index is 14.5. The molecule has 3 aromatic rings. The van der Waals surface area contributed by atoms with Crippen LogP contribution in [0.5, 0.6) is 28.7 Å². The average Bonchev–Trinajstić information content (AvgIpc) is 2.87. The van der Waals surface area contributed by atoms with Crippen molar-refractivity contribution in [3.63, 3.8) is 0 Å². The standard InChI is InChI=1S/C25H25F2NO7S/c1-31-20-11-9-17(14-19(20)27)36(29,30)28-23-16(8-10-18(26)24(23)34-4)7-6-15-12-21(32-2)25(35-5)22(13-15)33-3/h6-14,28H,1-5H3. The van der Waals surface area contributed by atoms with Crippen LogP contribution in [0.2, 0.25) is 0 Å². The highest BCUT2D eigenvalue weighted by Crippen LogP contribution is 2.39. The van der Waals surface area contributed by atoms with Gasteiger partial charge in [-0.15, -0.1) is 0 Å². The molecule has 3 aromatic carbocycles. The number of rotatable bonds is 10. The minimum atomic E-state index is -4.33. The molecule has 0 atom stereocenters. The van der Waals surface area contributed by atoms with Crippen LogP contribution in [0, 0.1) is 11.6 Å². The lowest BCUT2D eigenvalue weighted by Crippen LogP contribution is -2.15. The molecule has 192 valence electrons. The first-order valence-corrected chi connectivity index (χ1v) is 11.9. The van der Waals surface area contributed by atoms with Gasteiger partial charge in [0, 0.05) is 5.56 Å². The van der Waals surface area contributed by atoms with Crippen LogP contribution in [0.3, 0.4) is 0 Å². The van der Waals surface area contributed by atoms with Gasteiger partial charge in [-0.25, -0.2) is 17.2 Å². The molecule has 0 amide bonds. The van der Waals surface area contributed by atoms with E-state index in [1.165, 1.54) is 53.7 Å². The van der Waals surface area contributed by atoms with Gasteiger partial charge in [-0.3, -0.25) is 4.72 Å². The Kier molecular flexibility index (Phi) is 8.25. The predicted molar refractivity (Wildman–Crippen MR) is 132 cm³/mol. The zero-order valence-corrected chi connectivity index (χ0v) is 21.0. The Morgan fingerprint density at radius 2 is 1.31 bits per heavy atom. The Hall–Kier alpha value is -3.99. The minimum Gasteiger partial charge on any atom is -0.494 e. The van der Waals surface area contributed by atoms with E-state index in [0.29, 0.717) is 22.8 Å². The highest BCUT2D eigenvalue weighted by molar-refractivity contribution is 7.92. The van der Waals surface area contributed by atoms with Crippen LogP contribution in [-0.2, 0) is 10.0 Å². The summed E-state index contributed by atoms with van der Waals surface area (Å²) in [5.74, 6) is -0.881. The second kappa shape index (κ2) is 11.2. The van der Waals surface area contributed by atoms with Crippen molar-refractivity contribution in [3.8, 4) is 28.7 Å². The molecule has 0 aromatic heterocycles. The van der Waals surface area contributed by atoms with Crippen LogP contribution in [-0.4, -0.2) is 44.0 Å². The van der Waals surface area contributed by atoms with E-state index in [-0.39, 0.29) is 27.6 Å². The molecule has 0 aliphatic rings. The number of hydrogen-bond acceptors (Lipinski definition) is 7. The van der Waals surface area contributed by atoms with Gasteiger partial charge in [0.2, 0.25) is 5.75 Å². The van der Waals surface area contributed by atoms with Crippen molar-refractivity contribution in [2.45, 2.75) is 4.90 Å². The Bertz CT molecular complexity index is 1370. The maximum absolute atomic E-state index is 14.5. The Morgan fingerprint density at radius 1 is 0.694 bits per heavy atom. The zero-order valence-electron chi connectivity index (χ0n) is 20.2. The molecule has 0 saturated heterocycles. The van der Waals surface area contributed by atoms with Gasteiger partial charge in [0.25, 0.3) is 10.0 Å². The van der Waals surface area contributed by atoms with Crippen LogP contribution in [0.15, 0.2) is 47.4 Å². The van der Waals surface area contributed by atoms with E-state index in [9.17, 15) is 17.2 Å². The number of sulfonamides is 1. The van der Waals surface area contributed by atoms with Gasteiger partial charge in [-0.2, -0.15) is 0 Å². The SMILES string of the molecule is COc1ccc(S(=O)(=O)Nc2c(C=Cc3cc(OC)c(OC)c(OC)c3)ccc(F)c2OC)cc1F. The molecule has 0 fully saturated rings. The maximum Gasteiger partial charge on any atom is 0.262 e. The first kappa shape index (κ1) is 26.6. The topological polar surface area (TPSA) is 92.3 Å². The number of anilines is 1. The number of nitrogens with one attached hydrogen (secondary N) is 1. The molecule has 3 rings (SSSR count). The molecule has 0 aliphatic heterocycles. The molecule has 0 saturated carbocycles. The van der Waals surface area contributed by atoms with Gasteiger partial charge in [0.1, 0.15) is 5.69 Å². The third-order valence-corrected chi connectivity index (χ3v) is 6.51. The Morgan fingerprint density at radius 3 is 1.83 bits per heavy atom. The van der Waals surface area contributed by atoms with E-state index in [0.717, 1.165) is 12.1 Å². The van der Waals surface area contributed by atoms with Gasteiger partial charge in [-0.1, -0.05) is 12.2 Å². The number of halogens is 2. The lowest BCUT2D eigenvalue weighted by Gasteiger charge is -2.16. The summed E-state index contributed by atoms with van der Waals surface area (Å²) in [7, 11) is 2.57. The molecule has 36 heavy (non-hydrogen) atoms. The molecular formula is C25H25F2NO7S. The van der Waals surface area contributed by atoms with Crippen LogP contribution in [0.25, 0.3) is 12.2 Å². The molecule has 11 heteroatoms. The highest BCUT2D eigenvalue weighted by Gasteiger charge is 2.22. The van der Waals surface area contributed by atoms with E-state index in [1.54, 1.807) is 24.3 Å². The monoisotopic (exact) mass is 521 g/mol. The summed E-state index contributed by atoms with van der Waals surface area (Å²) in [6.07, 6.45) is 3.19. The molecule has 0 spiro atoms. The number of methoxy groups -OCH3 is 5. The van der Waals surface area contributed by atoms with Crippen molar-refractivity contribution < 1.29 is 40.9 Å². The highest BCUT2D eigenvalue weighted by atomic mass is 32.2. The Balaban J connectivity index is 2.07. The molecule has 1 N–H and O–H groups in total. The van der Waals surface area contributed by atoms with Crippen molar-refractivity contribution in [2.75, 3.05) is 40.3 Å². The molecule has 0 heterocycles. The predicted octanol–water partition coefficient (Wildman–Crippen LogP) is 4.98. The molecule has 0 bridgehead atoms. The summed E-state index contributed by atoms with van der Waals surface area (Å²) in [5.41, 5.74) is 0.732. The first-order chi connectivity index (χ1) is 17.2. The van der Waals surface area contributed by atoms with Gasteiger partial charge < -0.3 is 23.7 Å². The third-order valence-electron chi connectivity index (χ3n) is 5.16. The van der Waals surface area contributed by atoms with Crippen molar-refractivity contribution in [2.24, 2.45) is 0 Å². The van der Waals surface area contributed by atoms with Crippen molar-refractivity contribution >= 4 is 27.9 Å². The summed E-state index contributed by atoms with van der Waals surface area (Å²) in [5, 5.41) is 0. The minimum absolute atomic E-state index is 0.119. The third kappa shape index (κ3) is 5.46. The van der Waals surface area contributed by atoms with E-state index in [1.807, 2.05) is 0 Å². The lowest BCUT2D eigenvalue weighted by molar-refractivity contribution is 0.324. The summed E-state index contributed by atoms with van der Waals surface area (Å²) < 4.78 is 83.0. The molecule has 0 radical (unpaired) electrons.